The van der Waals surface area contributed by atoms with E-state index >= 15 is 0 Å². The summed E-state index contributed by atoms with van der Waals surface area (Å²) in [4.78, 5) is 2.64. The van der Waals surface area contributed by atoms with E-state index in [2.05, 4.69) is 68.1 Å². The Bertz CT molecular complexity index is 853. The summed E-state index contributed by atoms with van der Waals surface area (Å²) in [5, 5.41) is 11.2. The number of nitrogens with zero attached hydrogens (tertiary/aromatic N) is 2. The highest BCUT2D eigenvalue weighted by molar-refractivity contribution is 6.31. The van der Waals surface area contributed by atoms with Gasteiger partial charge in [-0.2, -0.15) is 5.26 Å². The molecule has 2 aromatic rings. The van der Waals surface area contributed by atoms with Crippen molar-refractivity contribution >= 4 is 11.6 Å². The van der Waals surface area contributed by atoms with Crippen molar-refractivity contribution in [1.29, 1.82) is 5.26 Å². The van der Waals surface area contributed by atoms with Crippen molar-refractivity contribution in [3.8, 4) is 6.07 Å². The first-order chi connectivity index (χ1) is 15.0. The molecule has 1 aliphatic rings. The summed E-state index contributed by atoms with van der Waals surface area (Å²) < 4.78 is 0. The molecule has 0 aromatic heterocycles. The molecule has 31 heavy (non-hydrogen) atoms. The van der Waals surface area contributed by atoms with Crippen molar-refractivity contribution in [2.45, 2.75) is 83.2 Å². The Kier molecular flexibility index (Phi) is 8.58. The van der Waals surface area contributed by atoms with Gasteiger partial charge in [0.2, 0.25) is 0 Å². The molecule has 0 saturated heterocycles. The van der Waals surface area contributed by atoms with Gasteiger partial charge in [0, 0.05) is 23.7 Å². The van der Waals surface area contributed by atoms with Crippen LogP contribution in [0.25, 0.3) is 0 Å². The quantitative estimate of drug-likeness (QED) is 0.366. The zero-order valence-corrected chi connectivity index (χ0v) is 20.1. The second kappa shape index (κ2) is 11.2. The van der Waals surface area contributed by atoms with E-state index in [-0.39, 0.29) is 0 Å². The van der Waals surface area contributed by atoms with E-state index in [1.807, 2.05) is 18.2 Å². The van der Waals surface area contributed by atoms with Crippen LogP contribution in [0.15, 0.2) is 54.6 Å². The molecule has 2 unspecified atom stereocenters. The highest BCUT2D eigenvalue weighted by Crippen LogP contribution is 2.49. The normalized spacial score (nSPS) is 17.2. The molecule has 0 amide bonds. The topological polar surface area (TPSA) is 27.0 Å². The van der Waals surface area contributed by atoms with Crippen molar-refractivity contribution in [3.63, 3.8) is 0 Å². The predicted molar refractivity (Wildman–Crippen MR) is 131 cm³/mol. The standard InChI is InChI=1S/C28H37ClN2/c1-4-25(31(22(2)3)20-18-23-11-6-5-7-12-23)17-19-28(21-30,24-13-10-14-24)26-15-8-9-16-27(26)29/h5-9,11-12,15-16,22,24-25H,4,10,13-14,17-20H2,1-3H3. The molecule has 1 fully saturated rings. The maximum atomic E-state index is 10.5. The molecule has 2 aromatic carbocycles. The molecule has 1 aliphatic carbocycles. The minimum atomic E-state index is -0.466. The summed E-state index contributed by atoms with van der Waals surface area (Å²) in [7, 11) is 0. The second-order valence-corrected chi connectivity index (χ2v) is 9.77. The van der Waals surface area contributed by atoms with Crippen LogP contribution in [0.3, 0.4) is 0 Å². The zero-order chi connectivity index (χ0) is 22.3. The molecule has 1 saturated carbocycles. The number of hydrogen-bond donors (Lipinski definition) is 0. The maximum absolute atomic E-state index is 10.5. The molecule has 3 heteroatoms. The van der Waals surface area contributed by atoms with Gasteiger partial charge in [0.05, 0.1) is 11.5 Å². The summed E-state index contributed by atoms with van der Waals surface area (Å²) >= 11 is 6.63. The van der Waals surface area contributed by atoms with Crippen LogP contribution in [-0.4, -0.2) is 23.5 Å². The second-order valence-electron chi connectivity index (χ2n) is 9.36. The van der Waals surface area contributed by atoms with E-state index < -0.39 is 5.41 Å². The van der Waals surface area contributed by atoms with E-state index in [9.17, 15) is 5.26 Å². The third kappa shape index (κ3) is 5.51. The predicted octanol–water partition coefficient (Wildman–Crippen LogP) is 7.41. The summed E-state index contributed by atoms with van der Waals surface area (Å²) in [6, 6.07) is 22.5. The van der Waals surface area contributed by atoms with Crippen LogP contribution >= 0.6 is 11.6 Å². The summed E-state index contributed by atoms with van der Waals surface area (Å²) in [6.07, 6.45) is 7.57. The average Bonchev–Trinajstić information content (AvgIpc) is 2.74. The molecule has 166 valence electrons. The van der Waals surface area contributed by atoms with E-state index in [1.54, 1.807) is 0 Å². The van der Waals surface area contributed by atoms with E-state index in [1.165, 1.54) is 12.0 Å². The van der Waals surface area contributed by atoms with Crippen LogP contribution in [0.1, 0.15) is 70.4 Å². The minimum absolute atomic E-state index is 0.423. The van der Waals surface area contributed by atoms with Crippen molar-refractivity contribution in [2.75, 3.05) is 6.54 Å². The van der Waals surface area contributed by atoms with Gasteiger partial charge in [0.25, 0.3) is 0 Å². The highest BCUT2D eigenvalue weighted by atomic mass is 35.5. The number of rotatable bonds is 11. The lowest BCUT2D eigenvalue weighted by Gasteiger charge is -2.43. The lowest BCUT2D eigenvalue weighted by Crippen LogP contribution is -2.44. The van der Waals surface area contributed by atoms with Gasteiger partial charge in [-0.25, -0.2) is 0 Å². The SMILES string of the molecule is CCC(CCC(C#N)(c1ccccc1Cl)C1CCC1)N(CCc1ccccc1)C(C)C. The molecule has 0 heterocycles. The van der Waals surface area contributed by atoms with Crippen LogP contribution in [-0.2, 0) is 11.8 Å². The largest absolute Gasteiger partial charge is 0.298 e. The monoisotopic (exact) mass is 436 g/mol. The highest BCUT2D eigenvalue weighted by Gasteiger charge is 2.45. The van der Waals surface area contributed by atoms with Gasteiger partial charge < -0.3 is 0 Å². The van der Waals surface area contributed by atoms with Gasteiger partial charge in [0.1, 0.15) is 0 Å². The van der Waals surface area contributed by atoms with Crippen LogP contribution in [0.2, 0.25) is 5.02 Å². The summed E-state index contributed by atoms with van der Waals surface area (Å²) in [6.45, 7) is 7.93. The maximum Gasteiger partial charge on any atom is 0.0865 e. The van der Waals surface area contributed by atoms with Crippen molar-refractivity contribution in [2.24, 2.45) is 5.92 Å². The smallest absolute Gasteiger partial charge is 0.0865 e. The Morgan fingerprint density at radius 2 is 1.77 bits per heavy atom. The molecule has 2 atom stereocenters. The Labute approximate surface area is 194 Å². The fourth-order valence-corrected chi connectivity index (χ4v) is 5.56. The lowest BCUT2D eigenvalue weighted by molar-refractivity contribution is 0.122. The van der Waals surface area contributed by atoms with Gasteiger partial charge >= 0.3 is 0 Å². The molecule has 0 spiro atoms. The fourth-order valence-electron chi connectivity index (χ4n) is 5.25. The van der Waals surface area contributed by atoms with Crippen LogP contribution in [0.5, 0.6) is 0 Å². The number of hydrogen-bond acceptors (Lipinski definition) is 2. The number of benzene rings is 2. The molecular formula is C28H37ClN2. The number of nitriles is 1. The van der Waals surface area contributed by atoms with Crippen molar-refractivity contribution in [1.82, 2.24) is 4.90 Å². The number of halogens is 1. The third-order valence-electron chi connectivity index (χ3n) is 7.33. The molecule has 0 N–H and O–H groups in total. The summed E-state index contributed by atoms with van der Waals surface area (Å²) in [5.41, 5.74) is 1.96. The first-order valence-electron chi connectivity index (χ1n) is 12.0. The third-order valence-corrected chi connectivity index (χ3v) is 7.66. The van der Waals surface area contributed by atoms with Crippen LogP contribution in [0.4, 0.5) is 0 Å². The van der Waals surface area contributed by atoms with Crippen molar-refractivity contribution in [3.05, 3.63) is 70.7 Å². The van der Waals surface area contributed by atoms with Crippen LogP contribution in [0, 0.1) is 17.2 Å². The molecule has 0 bridgehead atoms. The first kappa shape index (κ1) is 23.8. The molecule has 2 nitrogen and oxygen atoms in total. The Morgan fingerprint density at radius 1 is 1.10 bits per heavy atom. The van der Waals surface area contributed by atoms with Gasteiger partial charge in [0.15, 0.2) is 0 Å². The Hall–Kier alpha value is -1.82. The van der Waals surface area contributed by atoms with Gasteiger partial charge in [-0.3, -0.25) is 4.90 Å². The van der Waals surface area contributed by atoms with Crippen molar-refractivity contribution < 1.29 is 0 Å². The van der Waals surface area contributed by atoms with Gasteiger partial charge in [-0.05, 0) is 75.5 Å². The molecule has 0 radical (unpaired) electrons. The summed E-state index contributed by atoms with van der Waals surface area (Å²) in [5.74, 6) is 0.423. The Morgan fingerprint density at radius 3 is 2.32 bits per heavy atom. The minimum Gasteiger partial charge on any atom is -0.298 e. The zero-order valence-electron chi connectivity index (χ0n) is 19.4. The van der Waals surface area contributed by atoms with Gasteiger partial charge in [-0.15, -0.1) is 0 Å². The van der Waals surface area contributed by atoms with E-state index in [0.29, 0.717) is 18.0 Å². The Balaban J connectivity index is 1.77. The van der Waals surface area contributed by atoms with E-state index in [0.717, 1.165) is 55.7 Å². The molecule has 0 aliphatic heterocycles. The fraction of sp³-hybridized carbons (Fsp3) is 0.536. The lowest BCUT2D eigenvalue weighted by atomic mass is 9.60. The van der Waals surface area contributed by atoms with Crippen LogP contribution < -0.4 is 0 Å². The van der Waals surface area contributed by atoms with E-state index in [4.69, 9.17) is 11.6 Å². The molecule has 3 rings (SSSR count). The first-order valence-corrected chi connectivity index (χ1v) is 12.4. The average molecular weight is 437 g/mol. The van der Waals surface area contributed by atoms with Gasteiger partial charge in [-0.1, -0.05) is 73.5 Å². The molecular weight excluding hydrogens is 400 g/mol.